The van der Waals surface area contributed by atoms with Gasteiger partial charge in [0.1, 0.15) is 10.8 Å². The fourth-order valence-electron chi connectivity index (χ4n) is 1.46. The number of halogens is 2. The van der Waals surface area contributed by atoms with Gasteiger partial charge in [-0.2, -0.15) is 4.98 Å². The monoisotopic (exact) mass is 341 g/mol. The Hall–Kier alpha value is -1.33. The highest BCUT2D eigenvalue weighted by Crippen LogP contribution is 2.29. The summed E-state index contributed by atoms with van der Waals surface area (Å²) in [5.41, 5.74) is 1.08. The lowest BCUT2D eigenvalue weighted by Crippen LogP contribution is -2.02. The summed E-state index contributed by atoms with van der Waals surface area (Å²) in [6.45, 7) is 4.69. The zero-order valence-corrected chi connectivity index (χ0v) is 12.9. The zero-order chi connectivity index (χ0) is 13.8. The highest BCUT2D eigenvalue weighted by atomic mass is 79.9. The van der Waals surface area contributed by atoms with Crippen molar-refractivity contribution in [2.45, 2.75) is 13.8 Å². The fourth-order valence-corrected chi connectivity index (χ4v) is 1.83. The standard InChI is InChI=1S/C13H13BrClN3O/c1-3-16-13-17-7-11(15)12(18-13)19-9-4-5-10(14)8(2)6-9/h4-7H,3H2,1-2H3,(H,16,17,18). The highest BCUT2D eigenvalue weighted by Gasteiger charge is 2.08. The summed E-state index contributed by atoms with van der Waals surface area (Å²) in [6, 6.07) is 5.68. The van der Waals surface area contributed by atoms with Gasteiger partial charge in [0, 0.05) is 11.0 Å². The molecule has 1 heterocycles. The molecule has 0 fully saturated rings. The van der Waals surface area contributed by atoms with Gasteiger partial charge in [-0.05, 0) is 37.6 Å². The molecule has 0 radical (unpaired) electrons. The van der Waals surface area contributed by atoms with Crippen LogP contribution >= 0.6 is 27.5 Å². The minimum absolute atomic E-state index is 0.342. The van der Waals surface area contributed by atoms with Gasteiger partial charge in [-0.25, -0.2) is 4.98 Å². The van der Waals surface area contributed by atoms with Crippen molar-refractivity contribution < 1.29 is 4.74 Å². The fraction of sp³-hybridized carbons (Fsp3) is 0.231. The Morgan fingerprint density at radius 2 is 2.21 bits per heavy atom. The van der Waals surface area contributed by atoms with E-state index in [0.29, 0.717) is 22.6 Å². The van der Waals surface area contributed by atoms with Crippen molar-refractivity contribution in [3.63, 3.8) is 0 Å². The maximum atomic E-state index is 6.03. The molecule has 1 aromatic heterocycles. The number of hydrogen-bond acceptors (Lipinski definition) is 4. The van der Waals surface area contributed by atoms with Gasteiger partial charge in [0.15, 0.2) is 0 Å². The van der Waals surface area contributed by atoms with E-state index < -0.39 is 0 Å². The number of anilines is 1. The van der Waals surface area contributed by atoms with E-state index in [1.54, 1.807) is 0 Å². The molecule has 0 unspecified atom stereocenters. The average Bonchev–Trinajstić information content (AvgIpc) is 2.38. The van der Waals surface area contributed by atoms with Gasteiger partial charge in [-0.3, -0.25) is 0 Å². The summed E-state index contributed by atoms with van der Waals surface area (Å²) in [5.74, 6) is 1.52. The van der Waals surface area contributed by atoms with Crippen LogP contribution in [-0.2, 0) is 0 Å². The molecule has 0 spiro atoms. The maximum absolute atomic E-state index is 6.03. The van der Waals surface area contributed by atoms with E-state index in [2.05, 4.69) is 31.2 Å². The predicted octanol–water partition coefficient (Wildman–Crippen LogP) is 4.43. The van der Waals surface area contributed by atoms with Crippen LogP contribution in [0.15, 0.2) is 28.9 Å². The minimum Gasteiger partial charge on any atom is -0.437 e. The van der Waals surface area contributed by atoms with E-state index in [-0.39, 0.29) is 0 Å². The number of aryl methyl sites for hydroxylation is 1. The van der Waals surface area contributed by atoms with Gasteiger partial charge in [0.05, 0.1) is 6.20 Å². The van der Waals surface area contributed by atoms with Crippen LogP contribution in [0.4, 0.5) is 5.95 Å². The lowest BCUT2D eigenvalue weighted by Gasteiger charge is -2.09. The molecule has 0 aliphatic rings. The first-order chi connectivity index (χ1) is 9.10. The van der Waals surface area contributed by atoms with Crippen molar-refractivity contribution in [1.29, 1.82) is 0 Å². The summed E-state index contributed by atoms with van der Waals surface area (Å²) < 4.78 is 6.72. The Morgan fingerprint density at radius 1 is 1.42 bits per heavy atom. The summed E-state index contributed by atoms with van der Waals surface area (Å²) in [6.07, 6.45) is 1.52. The molecule has 0 saturated carbocycles. The molecule has 100 valence electrons. The molecule has 0 atom stereocenters. The van der Waals surface area contributed by atoms with Crippen LogP contribution < -0.4 is 10.1 Å². The number of benzene rings is 1. The SMILES string of the molecule is CCNc1ncc(Cl)c(Oc2ccc(Br)c(C)c2)n1. The molecule has 1 N–H and O–H groups in total. The Bertz CT molecular complexity index is 592. The van der Waals surface area contributed by atoms with Crippen molar-refractivity contribution in [3.8, 4) is 11.6 Å². The van der Waals surface area contributed by atoms with E-state index >= 15 is 0 Å². The van der Waals surface area contributed by atoms with Crippen LogP contribution in [0.5, 0.6) is 11.6 Å². The molecule has 0 saturated heterocycles. The van der Waals surface area contributed by atoms with E-state index in [1.807, 2.05) is 32.0 Å². The second kappa shape index (κ2) is 6.21. The molecular formula is C13H13BrClN3O. The van der Waals surface area contributed by atoms with Crippen molar-refractivity contribution in [3.05, 3.63) is 39.5 Å². The molecule has 4 nitrogen and oxygen atoms in total. The topological polar surface area (TPSA) is 47.0 Å². The van der Waals surface area contributed by atoms with Gasteiger partial charge < -0.3 is 10.1 Å². The highest BCUT2D eigenvalue weighted by molar-refractivity contribution is 9.10. The third-order valence-electron chi connectivity index (χ3n) is 2.39. The van der Waals surface area contributed by atoms with E-state index in [9.17, 15) is 0 Å². The van der Waals surface area contributed by atoms with E-state index in [1.165, 1.54) is 6.20 Å². The van der Waals surface area contributed by atoms with Crippen molar-refractivity contribution >= 4 is 33.5 Å². The number of nitrogens with one attached hydrogen (secondary N) is 1. The second-order valence-corrected chi connectivity index (χ2v) is 5.15. The van der Waals surface area contributed by atoms with Crippen LogP contribution in [0, 0.1) is 6.92 Å². The van der Waals surface area contributed by atoms with Crippen LogP contribution in [0.25, 0.3) is 0 Å². The zero-order valence-electron chi connectivity index (χ0n) is 10.6. The number of hydrogen-bond donors (Lipinski definition) is 1. The van der Waals surface area contributed by atoms with Gasteiger partial charge in [-0.15, -0.1) is 0 Å². The molecule has 1 aromatic carbocycles. The molecule has 0 bridgehead atoms. The third-order valence-corrected chi connectivity index (χ3v) is 3.54. The van der Waals surface area contributed by atoms with Crippen molar-refractivity contribution in [2.24, 2.45) is 0 Å². The smallest absolute Gasteiger partial charge is 0.243 e. The summed E-state index contributed by atoms with van der Waals surface area (Å²) in [7, 11) is 0. The van der Waals surface area contributed by atoms with E-state index in [0.717, 1.165) is 16.6 Å². The lowest BCUT2D eigenvalue weighted by atomic mass is 10.2. The van der Waals surface area contributed by atoms with Gasteiger partial charge in [0.25, 0.3) is 0 Å². The maximum Gasteiger partial charge on any atom is 0.243 e. The van der Waals surface area contributed by atoms with Crippen molar-refractivity contribution in [2.75, 3.05) is 11.9 Å². The Morgan fingerprint density at radius 3 is 2.89 bits per heavy atom. The predicted molar refractivity (Wildman–Crippen MR) is 80.2 cm³/mol. The van der Waals surface area contributed by atoms with Gasteiger partial charge in [0.2, 0.25) is 11.8 Å². The first kappa shape index (κ1) is 14.1. The number of rotatable bonds is 4. The molecular weight excluding hydrogens is 330 g/mol. The number of ether oxygens (including phenoxy) is 1. The molecule has 0 aliphatic heterocycles. The quantitative estimate of drug-likeness (QED) is 0.893. The van der Waals surface area contributed by atoms with Crippen LogP contribution in [0.3, 0.4) is 0 Å². The molecule has 0 amide bonds. The first-order valence-electron chi connectivity index (χ1n) is 5.80. The molecule has 2 aromatic rings. The molecule has 0 aliphatic carbocycles. The normalized spacial score (nSPS) is 10.3. The van der Waals surface area contributed by atoms with Gasteiger partial charge >= 0.3 is 0 Å². The summed E-state index contributed by atoms with van der Waals surface area (Å²) in [5, 5.41) is 3.39. The Balaban J connectivity index is 2.26. The first-order valence-corrected chi connectivity index (χ1v) is 6.97. The van der Waals surface area contributed by atoms with Gasteiger partial charge in [-0.1, -0.05) is 27.5 Å². The van der Waals surface area contributed by atoms with Crippen LogP contribution in [-0.4, -0.2) is 16.5 Å². The number of nitrogens with zero attached hydrogens (tertiary/aromatic N) is 2. The average molecular weight is 343 g/mol. The second-order valence-electron chi connectivity index (χ2n) is 3.89. The largest absolute Gasteiger partial charge is 0.437 e. The summed E-state index contributed by atoms with van der Waals surface area (Å²) in [4.78, 5) is 8.28. The van der Waals surface area contributed by atoms with Crippen LogP contribution in [0.1, 0.15) is 12.5 Å². The van der Waals surface area contributed by atoms with Crippen molar-refractivity contribution in [1.82, 2.24) is 9.97 Å². The van der Waals surface area contributed by atoms with Crippen LogP contribution in [0.2, 0.25) is 5.02 Å². The number of aromatic nitrogens is 2. The Labute approximate surface area is 125 Å². The Kier molecular flexibility index (Phi) is 4.61. The van der Waals surface area contributed by atoms with E-state index in [4.69, 9.17) is 16.3 Å². The molecule has 6 heteroatoms. The third kappa shape index (κ3) is 3.58. The molecule has 2 rings (SSSR count). The molecule has 19 heavy (non-hydrogen) atoms. The minimum atomic E-state index is 0.342. The lowest BCUT2D eigenvalue weighted by molar-refractivity contribution is 0.462. The summed E-state index contributed by atoms with van der Waals surface area (Å²) >= 11 is 9.47.